The minimum atomic E-state index is -0.693. The van der Waals surface area contributed by atoms with E-state index in [0.29, 0.717) is 16.3 Å². The quantitative estimate of drug-likeness (QED) is 0.200. The Labute approximate surface area is 178 Å². The maximum absolute atomic E-state index is 12.6. The minimum absolute atomic E-state index is 0.0631. The lowest BCUT2D eigenvalue weighted by molar-refractivity contribution is -0.132. The van der Waals surface area contributed by atoms with E-state index in [1.807, 2.05) is 48.5 Å². The third-order valence-electron chi connectivity index (χ3n) is 4.84. The molecule has 0 amide bonds. The molecule has 6 heteroatoms. The third-order valence-corrected chi connectivity index (χ3v) is 5.09. The van der Waals surface area contributed by atoms with Crippen molar-refractivity contribution in [3.8, 4) is 11.1 Å². The van der Waals surface area contributed by atoms with E-state index in [0.717, 1.165) is 22.3 Å². The highest BCUT2D eigenvalue weighted by atomic mass is 35.5. The summed E-state index contributed by atoms with van der Waals surface area (Å²) >= 11 is 5.87. The Balaban J connectivity index is 1.71. The summed E-state index contributed by atoms with van der Waals surface area (Å²) in [5.41, 5.74) is 4.98. The average Bonchev–Trinajstić information content (AvgIpc) is 3.10. The first kappa shape index (κ1) is 19.7. The Hall–Kier alpha value is -3.57. The lowest BCUT2D eigenvalue weighted by atomic mass is 10.1. The summed E-state index contributed by atoms with van der Waals surface area (Å²) in [4.78, 5) is 24.8. The summed E-state index contributed by atoms with van der Waals surface area (Å²) in [7, 11) is 1.25. The maximum atomic E-state index is 12.6. The molecular weight excluding hydrogens is 400 g/mol. The first-order valence-corrected chi connectivity index (χ1v) is 9.67. The van der Waals surface area contributed by atoms with Gasteiger partial charge < -0.3 is 4.74 Å². The van der Waals surface area contributed by atoms with Gasteiger partial charge in [0.1, 0.15) is 5.71 Å². The van der Waals surface area contributed by atoms with E-state index in [1.165, 1.54) is 7.11 Å². The van der Waals surface area contributed by atoms with Crippen molar-refractivity contribution in [2.24, 2.45) is 10.2 Å². The zero-order valence-corrected chi connectivity index (χ0v) is 16.9. The molecular formula is C24H17ClN2O3. The van der Waals surface area contributed by atoms with Crippen LogP contribution in [0.15, 0.2) is 83.0 Å². The summed E-state index contributed by atoms with van der Waals surface area (Å²) in [5.74, 6) is -0.968. The molecule has 0 radical (unpaired) electrons. The number of ketones is 1. The molecule has 0 heterocycles. The summed E-state index contributed by atoms with van der Waals surface area (Å²) in [6.45, 7) is 0. The van der Waals surface area contributed by atoms with E-state index >= 15 is 0 Å². The number of hydrogen-bond donors (Lipinski definition) is 0. The molecule has 4 rings (SSSR count). The first-order chi connectivity index (χ1) is 14.6. The topological polar surface area (TPSA) is 68.1 Å². The Morgan fingerprint density at radius 2 is 1.37 bits per heavy atom. The number of esters is 1. The number of hydrogen-bond acceptors (Lipinski definition) is 5. The van der Waals surface area contributed by atoms with Crippen molar-refractivity contribution in [2.75, 3.05) is 7.11 Å². The van der Waals surface area contributed by atoms with Gasteiger partial charge in [-0.05, 0) is 35.4 Å². The number of nitrogens with zero attached hydrogens (tertiary/aromatic N) is 2. The van der Waals surface area contributed by atoms with Gasteiger partial charge in [0.25, 0.3) is 0 Å². The van der Waals surface area contributed by atoms with E-state index in [9.17, 15) is 9.59 Å². The number of halogens is 1. The fourth-order valence-corrected chi connectivity index (χ4v) is 3.49. The lowest BCUT2D eigenvalue weighted by Gasteiger charge is -2.04. The Morgan fingerprint density at radius 3 is 1.90 bits per heavy atom. The first-order valence-electron chi connectivity index (χ1n) is 9.29. The van der Waals surface area contributed by atoms with Gasteiger partial charge in [-0.1, -0.05) is 60.1 Å². The van der Waals surface area contributed by atoms with Gasteiger partial charge >= 0.3 is 5.97 Å². The molecule has 3 aromatic carbocycles. The van der Waals surface area contributed by atoms with Crippen molar-refractivity contribution in [3.63, 3.8) is 0 Å². The third kappa shape index (κ3) is 3.80. The second kappa shape index (κ2) is 8.43. The molecule has 148 valence electrons. The predicted octanol–water partition coefficient (Wildman–Crippen LogP) is 4.96. The number of ether oxygens (including phenoxy) is 1. The summed E-state index contributed by atoms with van der Waals surface area (Å²) in [6, 6.07) is 22.2. The fourth-order valence-electron chi connectivity index (χ4n) is 3.37. The normalized spacial score (nSPS) is 12.2. The second-order valence-corrected chi connectivity index (χ2v) is 7.12. The van der Waals surface area contributed by atoms with E-state index in [-0.39, 0.29) is 17.9 Å². The van der Waals surface area contributed by atoms with Crippen LogP contribution in [0.4, 0.5) is 0 Å². The molecule has 1 aliphatic carbocycles. The van der Waals surface area contributed by atoms with Crippen molar-refractivity contribution in [2.45, 2.75) is 6.42 Å². The van der Waals surface area contributed by atoms with Crippen LogP contribution < -0.4 is 0 Å². The highest BCUT2D eigenvalue weighted by molar-refractivity contribution is 6.41. The van der Waals surface area contributed by atoms with Gasteiger partial charge in [-0.3, -0.25) is 4.79 Å². The number of carbonyl (C=O) groups excluding carboxylic acids is 2. The molecule has 3 aromatic rings. The van der Waals surface area contributed by atoms with E-state index in [1.54, 1.807) is 24.3 Å². The predicted molar refractivity (Wildman–Crippen MR) is 117 cm³/mol. The van der Waals surface area contributed by atoms with Crippen molar-refractivity contribution < 1.29 is 14.3 Å². The standard InChI is InChI=1S/C24H17ClN2O3/c1-30-24(29)21(14-22(28)15-10-12-16(25)13-11-15)26-27-23-19-8-4-2-6-17(19)18-7-3-5-9-20(18)23/h2-13H,14H2,1H3. The van der Waals surface area contributed by atoms with Crippen LogP contribution in [0.3, 0.4) is 0 Å². The Morgan fingerprint density at radius 1 is 0.833 bits per heavy atom. The van der Waals surface area contributed by atoms with Gasteiger partial charge in [-0.25, -0.2) is 4.79 Å². The van der Waals surface area contributed by atoms with Crippen LogP contribution in [0, 0.1) is 0 Å². The molecule has 5 nitrogen and oxygen atoms in total. The SMILES string of the molecule is COC(=O)C(CC(=O)c1ccc(Cl)cc1)=NN=C1c2ccccc2-c2ccccc21. The van der Waals surface area contributed by atoms with Crippen LogP contribution in [-0.4, -0.2) is 30.3 Å². The highest BCUT2D eigenvalue weighted by Gasteiger charge is 2.25. The average molecular weight is 417 g/mol. The smallest absolute Gasteiger partial charge is 0.354 e. The summed E-state index contributed by atoms with van der Waals surface area (Å²) in [6.07, 6.45) is -0.228. The number of rotatable bonds is 5. The van der Waals surface area contributed by atoms with Crippen LogP contribution in [0.5, 0.6) is 0 Å². The molecule has 0 aromatic heterocycles. The van der Waals surface area contributed by atoms with Crippen molar-refractivity contribution in [3.05, 3.63) is 94.5 Å². The molecule has 0 unspecified atom stereocenters. The molecule has 0 N–H and O–H groups in total. The van der Waals surface area contributed by atoms with Crippen LogP contribution in [0.2, 0.25) is 5.02 Å². The van der Waals surface area contributed by atoms with Crippen molar-refractivity contribution in [1.82, 2.24) is 0 Å². The maximum Gasteiger partial charge on any atom is 0.354 e. The van der Waals surface area contributed by atoms with Gasteiger partial charge in [0, 0.05) is 21.7 Å². The van der Waals surface area contributed by atoms with Gasteiger partial charge in [0.15, 0.2) is 11.5 Å². The zero-order chi connectivity index (χ0) is 21.1. The van der Waals surface area contributed by atoms with Gasteiger partial charge in [-0.15, -0.1) is 10.2 Å². The van der Waals surface area contributed by atoms with E-state index < -0.39 is 5.97 Å². The van der Waals surface area contributed by atoms with Crippen LogP contribution in [0.1, 0.15) is 27.9 Å². The Kier molecular flexibility index (Phi) is 5.55. The molecule has 0 saturated heterocycles. The fraction of sp³-hybridized carbons (Fsp3) is 0.0833. The van der Waals surface area contributed by atoms with Crippen LogP contribution in [0.25, 0.3) is 11.1 Å². The molecule has 0 saturated carbocycles. The molecule has 1 aliphatic rings. The molecule has 0 bridgehead atoms. The van der Waals surface area contributed by atoms with Crippen LogP contribution in [-0.2, 0) is 9.53 Å². The van der Waals surface area contributed by atoms with Crippen molar-refractivity contribution >= 4 is 34.8 Å². The van der Waals surface area contributed by atoms with E-state index in [4.69, 9.17) is 16.3 Å². The number of carbonyl (C=O) groups is 2. The van der Waals surface area contributed by atoms with Gasteiger partial charge in [0.2, 0.25) is 0 Å². The number of Topliss-reactive ketones (excluding diaryl/α,β-unsaturated/α-hetero) is 1. The van der Waals surface area contributed by atoms with Crippen molar-refractivity contribution in [1.29, 1.82) is 0 Å². The number of benzene rings is 3. The summed E-state index contributed by atoms with van der Waals surface area (Å²) in [5, 5.41) is 9.03. The highest BCUT2D eigenvalue weighted by Crippen LogP contribution is 2.36. The molecule has 0 atom stereocenters. The minimum Gasteiger partial charge on any atom is -0.464 e. The second-order valence-electron chi connectivity index (χ2n) is 6.68. The largest absolute Gasteiger partial charge is 0.464 e. The lowest BCUT2D eigenvalue weighted by Crippen LogP contribution is -2.20. The van der Waals surface area contributed by atoms with E-state index in [2.05, 4.69) is 10.2 Å². The molecule has 0 aliphatic heterocycles. The van der Waals surface area contributed by atoms with Gasteiger partial charge in [-0.2, -0.15) is 0 Å². The number of methoxy groups -OCH3 is 1. The number of fused-ring (bicyclic) bond motifs is 3. The zero-order valence-electron chi connectivity index (χ0n) is 16.1. The Bertz CT molecular complexity index is 1150. The molecule has 0 fully saturated rings. The van der Waals surface area contributed by atoms with Gasteiger partial charge in [0.05, 0.1) is 13.5 Å². The molecule has 30 heavy (non-hydrogen) atoms. The monoisotopic (exact) mass is 416 g/mol. The summed E-state index contributed by atoms with van der Waals surface area (Å²) < 4.78 is 4.81. The molecule has 0 spiro atoms. The van der Waals surface area contributed by atoms with Crippen LogP contribution >= 0.6 is 11.6 Å².